The van der Waals surface area contributed by atoms with Crippen LogP contribution in [0.25, 0.3) is 39.1 Å². The van der Waals surface area contributed by atoms with Crippen molar-refractivity contribution >= 4 is 47.6 Å². The number of hydrogen-bond acceptors (Lipinski definition) is 2. The molecule has 0 bridgehead atoms. The van der Waals surface area contributed by atoms with Gasteiger partial charge in [0.2, 0.25) is 0 Å². The van der Waals surface area contributed by atoms with Gasteiger partial charge in [0.25, 0.3) is 0 Å². The smallest absolute Gasteiger partial charge is 0.0747 e. The highest BCUT2D eigenvalue weighted by molar-refractivity contribution is 7.16. The Kier molecular flexibility index (Phi) is 4.92. The van der Waals surface area contributed by atoms with Gasteiger partial charge in [0.05, 0.1) is 8.07 Å². The highest BCUT2D eigenvalue weighted by atomic mass is 32.1. The predicted molar refractivity (Wildman–Crippen MR) is 162 cm³/mol. The third-order valence-corrected chi connectivity index (χ3v) is 15.4. The van der Waals surface area contributed by atoms with Crippen LogP contribution in [-0.4, -0.2) is 8.07 Å². The van der Waals surface area contributed by atoms with Gasteiger partial charge in [-0.15, -0.1) is 22.7 Å². The molecular weight excluding hydrogens is 489 g/mol. The average molecular weight is 519 g/mol. The van der Waals surface area contributed by atoms with E-state index in [4.69, 9.17) is 0 Å². The van der Waals surface area contributed by atoms with Crippen LogP contribution < -0.4 is 0 Å². The minimum atomic E-state index is -1.85. The van der Waals surface area contributed by atoms with E-state index in [-0.39, 0.29) is 0 Å². The Morgan fingerprint density at radius 2 is 1.25 bits per heavy atom. The molecule has 7 rings (SSSR count). The van der Waals surface area contributed by atoms with Gasteiger partial charge in [-0.1, -0.05) is 85.4 Å². The molecule has 0 amide bonds. The minimum Gasteiger partial charge on any atom is -0.145 e. The fourth-order valence-electron chi connectivity index (χ4n) is 7.11. The molecule has 3 aromatic carbocycles. The van der Waals surface area contributed by atoms with Crippen LogP contribution >= 0.6 is 22.7 Å². The standard InChI is InChI=1S/C33H30S2Si/c1-19-16-27-25(24-13-8-11-22-10-6-7-12-23(22)24)14-9-15-26(27)32(19)36(4,5)33-30-28(17-20(2)34-30)29-18-21(3)35-31(29)33/h6-18,32-33H,1-5H3. The van der Waals surface area contributed by atoms with Crippen molar-refractivity contribution in [3.63, 3.8) is 0 Å². The molecule has 2 aliphatic rings. The van der Waals surface area contributed by atoms with Crippen molar-refractivity contribution in [3.05, 3.63) is 109 Å². The predicted octanol–water partition coefficient (Wildman–Crippen LogP) is 10.3. The Balaban J connectivity index is 1.40. The van der Waals surface area contributed by atoms with Gasteiger partial charge in [-0.2, -0.15) is 0 Å². The summed E-state index contributed by atoms with van der Waals surface area (Å²) in [7, 11) is -1.85. The number of hydrogen-bond donors (Lipinski definition) is 0. The van der Waals surface area contributed by atoms with Crippen molar-refractivity contribution in [2.45, 2.75) is 44.9 Å². The minimum absolute atomic E-state index is 0.524. The van der Waals surface area contributed by atoms with Crippen molar-refractivity contribution in [2.75, 3.05) is 0 Å². The molecule has 0 fully saturated rings. The summed E-state index contributed by atoms with van der Waals surface area (Å²) < 4.78 is 0. The molecule has 0 aliphatic heterocycles. The lowest BCUT2D eigenvalue weighted by atomic mass is 9.93. The molecule has 36 heavy (non-hydrogen) atoms. The molecule has 1 atom stereocenters. The number of allylic oxidation sites excluding steroid dienone is 1. The molecule has 5 aromatic rings. The first-order valence-electron chi connectivity index (χ1n) is 12.8. The van der Waals surface area contributed by atoms with E-state index in [9.17, 15) is 0 Å². The normalized spacial score (nSPS) is 16.8. The van der Waals surface area contributed by atoms with Crippen LogP contribution in [0.3, 0.4) is 0 Å². The zero-order chi connectivity index (χ0) is 24.8. The number of rotatable bonds is 3. The molecule has 2 aromatic heterocycles. The van der Waals surface area contributed by atoms with Crippen LogP contribution in [0.1, 0.15) is 48.6 Å². The third-order valence-electron chi connectivity index (χ3n) is 8.43. The molecule has 0 nitrogen and oxygen atoms in total. The Morgan fingerprint density at radius 1 is 0.639 bits per heavy atom. The summed E-state index contributed by atoms with van der Waals surface area (Å²) in [5.74, 6) is 0. The summed E-state index contributed by atoms with van der Waals surface area (Å²) in [5, 5.41) is 2.65. The van der Waals surface area contributed by atoms with E-state index in [1.807, 2.05) is 22.7 Å². The van der Waals surface area contributed by atoms with E-state index < -0.39 is 8.07 Å². The largest absolute Gasteiger partial charge is 0.145 e. The summed E-state index contributed by atoms with van der Waals surface area (Å²) in [5.41, 5.74) is 11.4. The molecule has 0 saturated heterocycles. The summed E-state index contributed by atoms with van der Waals surface area (Å²) in [6, 6.07) is 27.5. The van der Waals surface area contributed by atoms with E-state index >= 15 is 0 Å². The Morgan fingerprint density at radius 3 is 1.97 bits per heavy atom. The fraction of sp³-hybridized carbons (Fsp3) is 0.212. The zero-order valence-corrected chi connectivity index (χ0v) is 24.1. The Hall–Kier alpha value is -2.72. The second-order valence-corrected chi connectivity index (χ2v) is 18.6. The van der Waals surface area contributed by atoms with Crippen LogP contribution in [0.5, 0.6) is 0 Å². The molecule has 0 saturated carbocycles. The first-order chi connectivity index (χ1) is 17.3. The average Bonchev–Trinajstić information content (AvgIpc) is 3.57. The number of fused-ring (bicyclic) bond motifs is 5. The van der Waals surface area contributed by atoms with Crippen LogP contribution in [-0.2, 0) is 0 Å². The monoisotopic (exact) mass is 518 g/mol. The van der Waals surface area contributed by atoms with E-state index in [0.29, 0.717) is 11.1 Å². The number of aryl methyl sites for hydroxylation is 2. The highest BCUT2D eigenvalue weighted by Crippen LogP contribution is 2.59. The van der Waals surface area contributed by atoms with Crippen LogP contribution in [0, 0.1) is 13.8 Å². The summed E-state index contributed by atoms with van der Waals surface area (Å²) in [6.07, 6.45) is 2.52. The Labute approximate surface area is 223 Å². The second-order valence-electron chi connectivity index (χ2n) is 11.2. The molecule has 0 spiro atoms. The number of thiophene rings is 2. The van der Waals surface area contributed by atoms with Gasteiger partial charge < -0.3 is 0 Å². The van der Waals surface area contributed by atoms with Gasteiger partial charge in [-0.3, -0.25) is 0 Å². The summed E-state index contributed by atoms with van der Waals surface area (Å²) in [6.45, 7) is 12.3. The van der Waals surface area contributed by atoms with Crippen molar-refractivity contribution in [1.29, 1.82) is 0 Å². The zero-order valence-electron chi connectivity index (χ0n) is 21.5. The molecule has 1 unspecified atom stereocenters. The summed E-state index contributed by atoms with van der Waals surface area (Å²) in [4.78, 5) is 6.16. The lowest BCUT2D eigenvalue weighted by molar-refractivity contribution is 1.01. The van der Waals surface area contributed by atoms with Crippen LogP contribution in [0.2, 0.25) is 13.1 Å². The molecule has 2 heterocycles. The van der Waals surface area contributed by atoms with Gasteiger partial charge >= 0.3 is 0 Å². The van der Waals surface area contributed by atoms with Crippen molar-refractivity contribution in [2.24, 2.45) is 0 Å². The summed E-state index contributed by atoms with van der Waals surface area (Å²) >= 11 is 4.09. The van der Waals surface area contributed by atoms with E-state index in [2.05, 4.69) is 113 Å². The molecular formula is C33H30S2Si. The fourth-order valence-corrected chi connectivity index (χ4v) is 15.7. The van der Waals surface area contributed by atoms with Crippen molar-refractivity contribution in [3.8, 4) is 22.3 Å². The van der Waals surface area contributed by atoms with Crippen LogP contribution in [0.4, 0.5) is 0 Å². The first kappa shape index (κ1) is 22.5. The lowest BCUT2D eigenvalue weighted by Gasteiger charge is -2.37. The first-order valence-corrected chi connectivity index (χ1v) is 17.6. The molecule has 3 heteroatoms. The molecule has 0 radical (unpaired) electrons. The molecule has 178 valence electrons. The van der Waals surface area contributed by atoms with Crippen molar-refractivity contribution in [1.82, 2.24) is 0 Å². The third kappa shape index (κ3) is 3.09. The number of benzene rings is 3. The topological polar surface area (TPSA) is 0 Å². The van der Waals surface area contributed by atoms with Crippen LogP contribution in [0.15, 0.2) is 78.4 Å². The maximum absolute atomic E-state index is 2.66. The molecule has 2 aliphatic carbocycles. The van der Waals surface area contributed by atoms with E-state index in [1.165, 1.54) is 48.3 Å². The lowest BCUT2D eigenvalue weighted by Crippen LogP contribution is -2.41. The van der Waals surface area contributed by atoms with E-state index in [0.717, 1.165) is 0 Å². The van der Waals surface area contributed by atoms with Gasteiger partial charge in [0.15, 0.2) is 0 Å². The maximum atomic E-state index is 2.66. The highest BCUT2D eigenvalue weighted by Gasteiger charge is 2.50. The Bertz CT molecular complexity index is 1660. The van der Waals surface area contributed by atoms with Crippen molar-refractivity contribution < 1.29 is 0 Å². The SMILES string of the molecule is CC1=Cc2c(-c3cccc4ccccc34)cccc2C1[Si](C)(C)C1c2sc(C)cc2-c2cc(C)sc21. The molecule has 0 N–H and O–H groups in total. The quantitative estimate of drug-likeness (QED) is 0.208. The van der Waals surface area contributed by atoms with Gasteiger partial charge in [-0.05, 0) is 77.1 Å². The second kappa shape index (κ2) is 7.89. The maximum Gasteiger partial charge on any atom is 0.0747 e. The van der Waals surface area contributed by atoms with Gasteiger partial charge in [0, 0.05) is 30.6 Å². The van der Waals surface area contributed by atoms with E-state index in [1.54, 1.807) is 20.9 Å². The van der Waals surface area contributed by atoms with Gasteiger partial charge in [0.1, 0.15) is 0 Å². The van der Waals surface area contributed by atoms with Gasteiger partial charge in [-0.25, -0.2) is 0 Å².